The summed E-state index contributed by atoms with van der Waals surface area (Å²) in [5.41, 5.74) is 7.12. The summed E-state index contributed by atoms with van der Waals surface area (Å²) in [6, 6.07) is 7.48. The third-order valence-corrected chi connectivity index (χ3v) is 6.31. The maximum atomic E-state index is 12.0. The van der Waals surface area contributed by atoms with E-state index in [0.717, 1.165) is 38.0 Å². The van der Waals surface area contributed by atoms with E-state index in [4.69, 9.17) is 5.73 Å². The Balaban J connectivity index is 1.96. The van der Waals surface area contributed by atoms with Crippen molar-refractivity contribution in [2.75, 3.05) is 27.2 Å². The standard InChI is InChI=1S/C16H27N3O2S/c1-13(17)15-8-10-19(11-9-15)12-14-4-6-16(7-5-14)22(20,21)18(2)3/h4-7,13,15H,8-12,17H2,1-3H3. The largest absolute Gasteiger partial charge is 0.328 e. The summed E-state index contributed by atoms with van der Waals surface area (Å²) in [7, 11) is -0.243. The van der Waals surface area contributed by atoms with Crippen LogP contribution in [0, 0.1) is 5.92 Å². The molecule has 0 aliphatic carbocycles. The SMILES string of the molecule is CC(N)C1CCN(Cc2ccc(S(=O)(=O)N(C)C)cc2)CC1. The zero-order valence-electron chi connectivity index (χ0n) is 13.7. The minimum atomic E-state index is -3.34. The van der Waals surface area contributed by atoms with Crippen molar-refractivity contribution in [3.8, 4) is 0 Å². The molecule has 2 rings (SSSR count). The number of nitrogens with zero attached hydrogens (tertiary/aromatic N) is 2. The number of nitrogens with two attached hydrogens (primary N) is 1. The lowest BCUT2D eigenvalue weighted by molar-refractivity contribution is 0.165. The molecule has 22 heavy (non-hydrogen) atoms. The molecule has 1 unspecified atom stereocenters. The van der Waals surface area contributed by atoms with E-state index in [1.807, 2.05) is 12.1 Å². The topological polar surface area (TPSA) is 66.6 Å². The van der Waals surface area contributed by atoms with Gasteiger partial charge in [0.15, 0.2) is 0 Å². The highest BCUT2D eigenvalue weighted by Gasteiger charge is 2.22. The van der Waals surface area contributed by atoms with Gasteiger partial charge in [-0.1, -0.05) is 12.1 Å². The van der Waals surface area contributed by atoms with Gasteiger partial charge in [0.1, 0.15) is 0 Å². The summed E-state index contributed by atoms with van der Waals surface area (Å²) in [5.74, 6) is 0.629. The van der Waals surface area contributed by atoms with Crippen LogP contribution in [0.5, 0.6) is 0 Å². The molecule has 0 radical (unpaired) electrons. The zero-order valence-corrected chi connectivity index (χ0v) is 14.5. The van der Waals surface area contributed by atoms with Crippen LogP contribution in [-0.2, 0) is 16.6 Å². The first-order valence-corrected chi connectivity index (χ1v) is 9.24. The molecule has 5 nitrogen and oxygen atoms in total. The molecule has 0 aromatic heterocycles. The van der Waals surface area contributed by atoms with Crippen LogP contribution in [0.3, 0.4) is 0 Å². The fourth-order valence-corrected chi connectivity index (χ4v) is 3.77. The lowest BCUT2D eigenvalue weighted by Crippen LogP contribution is -2.39. The monoisotopic (exact) mass is 325 g/mol. The second kappa shape index (κ2) is 7.08. The summed E-state index contributed by atoms with van der Waals surface area (Å²) >= 11 is 0. The van der Waals surface area contributed by atoms with Gasteiger partial charge in [-0.05, 0) is 56.5 Å². The minimum absolute atomic E-state index is 0.276. The molecule has 1 aromatic rings. The maximum absolute atomic E-state index is 12.0. The number of likely N-dealkylation sites (tertiary alicyclic amines) is 1. The highest BCUT2D eigenvalue weighted by atomic mass is 32.2. The molecule has 1 aromatic carbocycles. The van der Waals surface area contributed by atoms with E-state index in [0.29, 0.717) is 10.8 Å². The Kier molecular flexibility index (Phi) is 5.60. The number of hydrogen-bond acceptors (Lipinski definition) is 4. The van der Waals surface area contributed by atoms with Gasteiger partial charge in [0.2, 0.25) is 10.0 Å². The van der Waals surface area contributed by atoms with Gasteiger partial charge >= 0.3 is 0 Å². The van der Waals surface area contributed by atoms with Crippen molar-refractivity contribution in [1.29, 1.82) is 0 Å². The lowest BCUT2D eigenvalue weighted by atomic mass is 9.91. The molecule has 1 saturated heterocycles. The summed E-state index contributed by atoms with van der Waals surface area (Å²) in [5, 5.41) is 0. The predicted molar refractivity (Wildman–Crippen MR) is 89.0 cm³/mol. The molecule has 0 bridgehead atoms. The Morgan fingerprint density at radius 3 is 2.23 bits per heavy atom. The van der Waals surface area contributed by atoms with Crippen LogP contribution >= 0.6 is 0 Å². The molecule has 0 spiro atoms. The second-order valence-electron chi connectivity index (χ2n) is 6.40. The molecule has 0 amide bonds. The van der Waals surface area contributed by atoms with Crippen LogP contribution in [-0.4, -0.2) is 50.8 Å². The Morgan fingerprint density at radius 1 is 1.23 bits per heavy atom. The summed E-state index contributed by atoms with van der Waals surface area (Å²) in [4.78, 5) is 2.76. The van der Waals surface area contributed by atoms with Crippen molar-refractivity contribution in [1.82, 2.24) is 9.21 Å². The van der Waals surface area contributed by atoms with E-state index in [2.05, 4.69) is 11.8 Å². The van der Waals surface area contributed by atoms with E-state index in [1.165, 1.54) is 4.31 Å². The van der Waals surface area contributed by atoms with Crippen molar-refractivity contribution in [3.05, 3.63) is 29.8 Å². The zero-order chi connectivity index (χ0) is 16.3. The normalized spacial score (nSPS) is 19.5. The van der Waals surface area contributed by atoms with Crippen molar-refractivity contribution in [3.63, 3.8) is 0 Å². The van der Waals surface area contributed by atoms with Crippen LogP contribution in [0.4, 0.5) is 0 Å². The van der Waals surface area contributed by atoms with Gasteiger partial charge in [0.05, 0.1) is 4.90 Å². The highest BCUT2D eigenvalue weighted by molar-refractivity contribution is 7.89. The van der Waals surface area contributed by atoms with Crippen LogP contribution in [0.2, 0.25) is 0 Å². The molecule has 0 saturated carbocycles. The number of rotatable bonds is 5. The van der Waals surface area contributed by atoms with Crippen molar-refractivity contribution >= 4 is 10.0 Å². The first-order chi connectivity index (χ1) is 10.3. The molecule has 1 heterocycles. The third-order valence-electron chi connectivity index (χ3n) is 4.48. The molecular weight excluding hydrogens is 298 g/mol. The molecule has 1 aliphatic heterocycles. The molecular formula is C16H27N3O2S. The summed E-state index contributed by atoms with van der Waals surface area (Å²) < 4.78 is 25.3. The Morgan fingerprint density at radius 2 is 1.77 bits per heavy atom. The smallest absolute Gasteiger partial charge is 0.242 e. The molecule has 124 valence electrons. The Bertz CT molecular complexity index is 574. The molecule has 1 atom stereocenters. The molecule has 1 fully saturated rings. The molecule has 2 N–H and O–H groups in total. The molecule has 1 aliphatic rings. The average molecular weight is 325 g/mol. The van der Waals surface area contributed by atoms with Crippen molar-refractivity contribution in [2.24, 2.45) is 11.7 Å². The third kappa shape index (κ3) is 4.07. The van der Waals surface area contributed by atoms with E-state index in [9.17, 15) is 8.42 Å². The van der Waals surface area contributed by atoms with E-state index in [-0.39, 0.29) is 6.04 Å². The van der Waals surface area contributed by atoms with Gasteiger partial charge in [-0.2, -0.15) is 0 Å². The Hall–Kier alpha value is -0.950. The number of benzene rings is 1. The first-order valence-electron chi connectivity index (χ1n) is 7.80. The van der Waals surface area contributed by atoms with Gasteiger partial charge < -0.3 is 5.73 Å². The fourth-order valence-electron chi connectivity index (χ4n) is 2.87. The predicted octanol–water partition coefficient (Wildman–Crippen LogP) is 1.50. The minimum Gasteiger partial charge on any atom is -0.328 e. The first kappa shape index (κ1) is 17.4. The maximum Gasteiger partial charge on any atom is 0.242 e. The van der Waals surface area contributed by atoms with Crippen LogP contribution in [0.1, 0.15) is 25.3 Å². The summed E-state index contributed by atoms with van der Waals surface area (Å²) in [6.45, 7) is 5.08. The fraction of sp³-hybridized carbons (Fsp3) is 0.625. The Labute approximate surface area is 134 Å². The molecule has 6 heteroatoms. The van der Waals surface area contributed by atoms with Gasteiger partial charge in [-0.3, -0.25) is 4.90 Å². The van der Waals surface area contributed by atoms with Gasteiger partial charge in [-0.15, -0.1) is 0 Å². The van der Waals surface area contributed by atoms with Crippen LogP contribution < -0.4 is 5.73 Å². The van der Waals surface area contributed by atoms with Crippen LogP contribution in [0.25, 0.3) is 0 Å². The average Bonchev–Trinajstić information content (AvgIpc) is 2.48. The highest BCUT2D eigenvalue weighted by Crippen LogP contribution is 2.21. The number of piperidine rings is 1. The van der Waals surface area contributed by atoms with E-state index >= 15 is 0 Å². The van der Waals surface area contributed by atoms with Gasteiger partial charge in [-0.25, -0.2) is 12.7 Å². The lowest BCUT2D eigenvalue weighted by Gasteiger charge is -2.33. The van der Waals surface area contributed by atoms with Crippen molar-refractivity contribution < 1.29 is 8.42 Å². The van der Waals surface area contributed by atoms with Gasteiger partial charge in [0.25, 0.3) is 0 Å². The van der Waals surface area contributed by atoms with Gasteiger partial charge in [0, 0.05) is 26.7 Å². The van der Waals surface area contributed by atoms with Crippen molar-refractivity contribution in [2.45, 2.75) is 37.2 Å². The van der Waals surface area contributed by atoms with E-state index < -0.39 is 10.0 Å². The van der Waals surface area contributed by atoms with E-state index in [1.54, 1.807) is 26.2 Å². The number of hydrogen-bond donors (Lipinski definition) is 1. The van der Waals surface area contributed by atoms with Crippen LogP contribution in [0.15, 0.2) is 29.2 Å². The number of sulfonamides is 1. The quantitative estimate of drug-likeness (QED) is 0.891. The summed E-state index contributed by atoms with van der Waals surface area (Å²) in [6.07, 6.45) is 2.29. The second-order valence-corrected chi connectivity index (χ2v) is 8.56.